The zero-order chi connectivity index (χ0) is 20.1. The molecule has 0 heterocycles. The third kappa shape index (κ3) is 4.78. The molecule has 0 aliphatic carbocycles. The van der Waals surface area contributed by atoms with Gasteiger partial charge in [-0.15, -0.1) is 0 Å². The number of esters is 1. The van der Waals surface area contributed by atoms with E-state index in [2.05, 4.69) is 0 Å². The normalized spacial score (nSPS) is 12.1. The Kier molecular flexibility index (Phi) is 6.12. The second-order valence-electron chi connectivity index (χ2n) is 6.26. The van der Waals surface area contributed by atoms with E-state index in [1.165, 1.54) is 6.08 Å². The minimum Gasteiger partial charge on any atom is -0.497 e. The number of benzene rings is 3. The molecule has 142 valence electrons. The molecule has 1 unspecified atom stereocenters. The first-order chi connectivity index (χ1) is 13.5. The lowest BCUT2D eigenvalue weighted by atomic mass is 10.1. The fourth-order valence-electron chi connectivity index (χ4n) is 2.78. The number of fused-ring (bicyclic) bond motifs is 1. The Morgan fingerprint density at radius 3 is 2.50 bits per heavy atom. The number of methoxy groups -OCH3 is 1. The SMILES string of the molecule is COc1ccc2cc(/C=C/C(=O)OC(C)C(=O)c3cccc(Cl)c3)ccc2c1. The van der Waals surface area contributed by atoms with Crippen LogP contribution < -0.4 is 4.74 Å². The summed E-state index contributed by atoms with van der Waals surface area (Å²) in [5.74, 6) is -0.0978. The number of Topliss-reactive ketones (excluding diaryl/α,β-unsaturated/α-hetero) is 1. The van der Waals surface area contributed by atoms with Crippen LogP contribution >= 0.6 is 11.6 Å². The number of halogens is 1. The van der Waals surface area contributed by atoms with Gasteiger partial charge in [0.25, 0.3) is 0 Å². The molecule has 5 heteroatoms. The predicted molar refractivity (Wildman–Crippen MR) is 111 cm³/mol. The Hall–Kier alpha value is -3.11. The van der Waals surface area contributed by atoms with Crippen LogP contribution in [0.25, 0.3) is 16.8 Å². The van der Waals surface area contributed by atoms with E-state index in [1.807, 2.05) is 36.4 Å². The van der Waals surface area contributed by atoms with Crippen molar-refractivity contribution in [3.63, 3.8) is 0 Å². The summed E-state index contributed by atoms with van der Waals surface area (Å²) in [6.45, 7) is 1.54. The summed E-state index contributed by atoms with van der Waals surface area (Å²) in [5.41, 5.74) is 1.25. The zero-order valence-electron chi connectivity index (χ0n) is 15.5. The lowest BCUT2D eigenvalue weighted by Crippen LogP contribution is -2.23. The molecule has 28 heavy (non-hydrogen) atoms. The molecule has 0 aromatic heterocycles. The Balaban J connectivity index is 1.66. The van der Waals surface area contributed by atoms with Crippen LogP contribution in [0.2, 0.25) is 5.02 Å². The minimum atomic E-state index is -0.903. The molecule has 1 atom stereocenters. The third-order valence-electron chi connectivity index (χ3n) is 4.25. The van der Waals surface area contributed by atoms with Crippen LogP contribution in [0, 0.1) is 0 Å². The summed E-state index contributed by atoms with van der Waals surface area (Å²) in [5, 5.41) is 2.53. The lowest BCUT2D eigenvalue weighted by Gasteiger charge is -2.11. The summed E-state index contributed by atoms with van der Waals surface area (Å²) in [6, 6.07) is 18.1. The first kappa shape index (κ1) is 19.6. The van der Waals surface area contributed by atoms with E-state index in [9.17, 15) is 9.59 Å². The van der Waals surface area contributed by atoms with Gasteiger partial charge < -0.3 is 9.47 Å². The van der Waals surface area contributed by atoms with E-state index < -0.39 is 12.1 Å². The van der Waals surface area contributed by atoms with Crippen LogP contribution in [-0.2, 0) is 9.53 Å². The summed E-state index contributed by atoms with van der Waals surface area (Å²) in [6.07, 6.45) is 2.06. The van der Waals surface area contributed by atoms with Crippen LogP contribution in [0.15, 0.2) is 66.7 Å². The van der Waals surface area contributed by atoms with Crippen molar-refractivity contribution in [2.24, 2.45) is 0 Å². The van der Waals surface area contributed by atoms with Crippen molar-refractivity contribution in [1.82, 2.24) is 0 Å². The highest BCUT2D eigenvalue weighted by Crippen LogP contribution is 2.22. The fourth-order valence-corrected chi connectivity index (χ4v) is 2.97. The van der Waals surface area contributed by atoms with Crippen molar-refractivity contribution in [3.8, 4) is 5.75 Å². The van der Waals surface area contributed by atoms with Gasteiger partial charge in [0.1, 0.15) is 5.75 Å². The van der Waals surface area contributed by atoms with Crippen LogP contribution in [0.3, 0.4) is 0 Å². The fraction of sp³-hybridized carbons (Fsp3) is 0.130. The summed E-state index contributed by atoms with van der Waals surface area (Å²) < 4.78 is 10.4. The van der Waals surface area contributed by atoms with E-state index in [0.29, 0.717) is 10.6 Å². The first-order valence-corrected chi connectivity index (χ1v) is 9.10. The summed E-state index contributed by atoms with van der Waals surface area (Å²) >= 11 is 5.90. The molecule has 3 rings (SSSR count). The van der Waals surface area contributed by atoms with Crippen LogP contribution in [-0.4, -0.2) is 25.0 Å². The number of rotatable bonds is 6. The van der Waals surface area contributed by atoms with Crippen LogP contribution in [0.5, 0.6) is 5.75 Å². The number of hydrogen-bond donors (Lipinski definition) is 0. The highest BCUT2D eigenvalue weighted by atomic mass is 35.5. The molecule has 0 bridgehead atoms. The number of ether oxygens (including phenoxy) is 2. The Bertz CT molecular complexity index is 1060. The maximum absolute atomic E-state index is 12.3. The molecule has 3 aromatic rings. The highest BCUT2D eigenvalue weighted by Gasteiger charge is 2.18. The molecule has 3 aromatic carbocycles. The monoisotopic (exact) mass is 394 g/mol. The van der Waals surface area contributed by atoms with Gasteiger partial charge >= 0.3 is 5.97 Å². The maximum atomic E-state index is 12.3. The van der Waals surface area contributed by atoms with Crippen molar-refractivity contribution in [3.05, 3.63) is 82.9 Å². The molecular formula is C23H19ClO4. The first-order valence-electron chi connectivity index (χ1n) is 8.72. The van der Waals surface area contributed by atoms with Gasteiger partial charge in [-0.1, -0.05) is 41.9 Å². The van der Waals surface area contributed by atoms with Crippen molar-refractivity contribution in [2.45, 2.75) is 13.0 Å². The molecule has 0 spiro atoms. The Morgan fingerprint density at radius 1 is 1.00 bits per heavy atom. The predicted octanol–water partition coefficient (Wildman–Crippen LogP) is 5.33. The van der Waals surface area contributed by atoms with Gasteiger partial charge in [0.05, 0.1) is 7.11 Å². The molecular weight excluding hydrogens is 376 g/mol. The zero-order valence-corrected chi connectivity index (χ0v) is 16.3. The standard InChI is InChI=1S/C23H19ClO4/c1-15(23(26)19-4-3-5-20(24)13-19)28-22(25)11-7-16-6-8-18-14-21(27-2)10-9-17(18)12-16/h3-15H,1-2H3/b11-7+. The molecule has 0 saturated carbocycles. The summed E-state index contributed by atoms with van der Waals surface area (Å²) in [7, 11) is 1.63. The van der Waals surface area contributed by atoms with Gasteiger partial charge in [0, 0.05) is 16.7 Å². The summed E-state index contributed by atoms with van der Waals surface area (Å²) in [4.78, 5) is 24.4. The number of ketones is 1. The highest BCUT2D eigenvalue weighted by molar-refractivity contribution is 6.31. The Morgan fingerprint density at radius 2 is 1.75 bits per heavy atom. The molecule has 0 N–H and O–H groups in total. The number of carbonyl (C=O) groups excluding carboxylic acids is 2. The minimum absolute atomic E-state index is 0.302. The van der Waals surface area contributed by atoms with E-state index in [-0.39, 0.29) is 5.78 Å². The van der Waals surface area contributed by atoms with Gasteiger partial charge in [-0.05, 0) is 59.7 Å². The third-order valence-corrected chi connectivity index (χ3v) is 4.49. The van der Waals surface area contributed by atoms with Crippen LogP contribution in [0.4, 0.5) is 0 Å². The van der Waals surface area contributed by atoms with Crippen molar-refractivity contribution >= 4 is 40.2 Å². The van der Waals surface area contributed by atoms with Crippen LogP contribution in [0.1, 0.15) is 22.8 Å². The van der Waals surface area contributed by atoms with E-state index in [0.717, 1.165) is 22.1 Å². The molecule has 0 fully saturated rings. The van der Waals surface area contributed by atoms with E-state index in [4.69, 9.17) is 21.1 Å². The van der Waals surface area contributed by atoms with Gasteiger partial charge in [-0.3, -0.25) is 4.79 Å². The van der Waals surface area contributed by atoms with Gasteiger partial charge in [0.2, 0.25) is 5.78 Å². The largest absolute Gasteiger partial charge is 0.497 e. The molecule has 4 nitrogen and oxygen atoms in total. The molecule has 0 aliphatic rings. The van der Waals surface area contributed by atoms with Crippen molar-refractivity contribution in [1.29, 1.82) is 0 Å². The van der Waals surface area contributed by atoms with Gasteiger partial charge in [-0.25, -0.2) is 4.79 Å². The van der Waals surface area contributed by atoms with E-state index >= 15 is 0 Å². The average molecular weight is 395 g/mol. The smallest absolute Gasteiger partial charge is 0.331 e. The maximum Gasteiger partial charge on any atom is 0.331 e. The van der Waals surface area contributed by atoms with Crippen molar-refractivity contribution < 1.29 is 19.1 Å². The average Bonchev–Trinajstić information content (AvgIpc) is 2.71. The quantitative estimate of drug-likeness (QED) is 0.322. The molecule has 0 saturated heterocycles. The Labute approximate surface area is 168 Å². The molecule has 0 radical (unpaired) electrons. The van der Waals surface area contributed by atoms with Gasteiger partial charge in [0.15, 0.2) is 6.10 Å². The topological polar surface area (TPSA) is 52.6 Å². The van der Waals surface area contributed by atoms with E-state index in [1.54, 1.807) is 44.4 Å². The van der Waals surface area contributed by atoms with Gasteiger partial charge in [-0.2, -0.15) is 0 Å². The second-order valence-corrected chi connectivity index (χ2v) is 6.70. The second kappa shape index (κ2) is 8.72. The number of carbonyl (C=O) groups is 2. The lowest BCUT2D eigenvalue weighted by molar-refractivity contribution is -0.140. The molecule has 0 aliphatic heterocycles. The molecule has 0 amide bonds. The number of hydrogen-bond acceptors (Lipinski definition) is 4. The van der Waals surface area contributed by atoms with Crippen molar-refractivity contribution in [2.75, 3.05) is 7.11 Å².